The first kappa shape index (κ1) is 14.7. The maximum absolute atomic E-state index is 11.6. The predicted molar refractivity (Wildman–Crippen MR) is 81.9 cm³/mol. The van der Waals surface area contributed by atoms with Gasteiger partial charge in [0.1, 0.15) is 0 Å². The van der Waals surface area contributed by atoms with Gasteiger partial charge in [-0.15, -0.1) is 0 Å². The van der Waals surface area contributed by atoms with Crippen LogP contribution in [-0.4, -0.2) is 22.5 Å². The van der Waals surface area contributed by atoms with E-state index in [-0.39, 0.29) is 12.0 Å². The van der Waals surface area contributed by atoms with Gasteiger partial charge in [0.2, 0.25) is 5.95 Å². The van der Waals surface area contributed by atoms with Crippen molar-refractivity contribution in [2.75, 3.05) is 11.9 Å². The van der Waals surface area contributed by atoms with Gasteiger partial charge >= 0.3 is 6.03 Å². The molecule has 0 aliphatic rings. The molecule has 5 nitrogen and oxygen atoms in total. The van der Waals surface area contributed by atoms with Crippen LogP contribution in [-0.2, 0) is 6.42 Å². The molecule has 20 heavy (non-hydrogen) atoms. The number of hydrogen-bond donors (Lipinski definition) is 2. The molecule has 104 valence electrons. The van der Waals surface area contributed by atoms with E-state index in [4.69, 9.17) is 11.6 Å². The largest absolute Gasteiger partial charge is 0.337 e. The molecule has 0 saturated carbocycles. The zero-order valence-electron chi connectivity index (χ0n) is 10.4. The molecule has 7 heteroatoms. The van der Waals surface area contributed by atoms with E-state index < -0.39 is 0 Å². The van der Waals surface area contributed by atoms with Gasteiger partial charge in [0, 0.05) is 24.0 Å². The second-order valence-electron chi connectivity index (χ2n) is 3.99. The van der Waals surface area contributed by atoms with Crippen LogP contribution < -0.4 is 10.6 Å². The lowest BCUT2D eigenvalue weighted by molar-refractivity contribution is 0.252. The molecular formula is C13H12BrClN4O. The van der Waals surface area contributed by atoms with E-state index in [9.17, 15) is 4.79 Å². The Morgan fingerprint density at radius 1 is 1.30 bits per heavy atom. The van der Waals surface area contributed by atoms with Crippen molar-refractivity contribution < 1.29 is 4.79 Å². The lowest BCUT2D eigenvalue weighted by Crippen LogP contribution is -2.31. The average Bonchev–Trinajstić information content (AvgIpc) is 2.41. The minimum atomic E-state index is -0.339. The summed E-state index contributed by atoms with van der Waals surface area (Å²) in [6.07, 6.45) is 3.83. The summed E-state index contributed by atoms with van der Waals surface area (Å²) in [5.74, 6) is 0.258. The van der Waals surface area contributed by atoms with Crippen LogP contribution in [0.2, 0.25) is 5.02 Å². The Labute approximate surface area is 129 Å². The molecule has 0 radical (unpaired) electrons. The van der Waals surface area contributed by atoms with Gasteiger partial charge in [-0.25, -0.2) is 14.8 Å². The van der Waals surface area contributed by atoms with Crippen molar-refractivity contribution in [2.45, 2.75) is 6.42 Å². The number of benzene rings is 1. The van der Waals surface area contributed by atoms with Gasteiger partial charge < -0.3 is 5.32 Å². The van der Waals surface area contributed by atoms with Crippen molar-refractivity contribution in [1.82, 2.24) is 15.3 Å². The number of nitrogens with one attached hydrogen (secondary N) is 2. The van der Waals surface area contributed by atoms with E-state index >= 15 is 0 Å². The molecule has 0 spiro atoms. The molecule has 0 bridgehead atoms. The zero-order chi connectivity index (χ0) is 14.4. The Hall–Kier alpha value is -1.66. The summed E-state index contributed by atoms with van der Waals surface area (Å²) in [6.45, 7) is 0.503. The highest BCUT2D eigenvalue weighted by Crippen LogP contribution is 2.10. The number of nitrogens with zero attached hydrogens (tertiary/aromatic N) is 2. The predicted octanol–water partition coefficient (Wildman–Crippen LogP) is 3.26. The van der Waals surface area contributed by atoms with Crippen LogP contribution in [0.4, 0.5) is 10.7 Å². The highest BCUT2D eigenvalue weighted by Gasteiger charge is 2.03. The third-order valence-corrected chi connectivity index (χ3v) is 3.08. The lowest BCUT2D eigenvalue weighted by atomic mass is 10.1. The maximum Gasteiger partial charge on any atom is 0.321 e. The highest BCUT2D eigenvalue weighted by molar-refractivity contribution is 9.10. The number of aromatic nitrogens is 2. The van der Waals surface area contributed by atoms with Gasteiger partial charge in [-0.3, -0.25) is 5.32 Å². The van der Waals surface area contributed by atoms with Crippen LogP contribution >= 0.6 is 27.5 Å². The summed E-state index contributed by atoms with van der Waals surface area (Å²) in [5, 5.41) is 5.97. The molecule has 0 fully saturated rings. The van der Waals surface area contributed by atoms with E-state index in [2.05, 4.69) is 36.5 Å². The lowest BCUT2D eigenvalue weighted by Gasteiger charge is -2.06. The van der Waals surface area contributed by atoms with Crippen LogP contribution in [0.1, 0.15) is 5.56 Å². The van der Waals surface area contributed by atoms with Gasteiger partial charge in [0.05, 0.1) is 4.47 Å². The number of urea groups is 1. The fraction of sp³-hybridized carbons (Fsp3) is 0.154. The molecule has 2 amide bonds. The topological polar surface area (TPSA) is 66.9 Å². The minimum Gasteiger partial charge on any atom is -0.337 e. The number of anilines is 1. The van der Waals surface area contributed by atoms with Gasteiger partial charge in [0.15, 0.2) is 0 Å². The summed E-state index contributed by atoms with van der Waals surface area (Å²) in [7, 11) is 0. The fourth-order valence-corrected chi connectivity index (χ4v) is 1.95. The average molecular weight is 356 g/mol. The number of carbonyl (C=O) groups is 1. The number of rotatable bonds is 4. The van der Waals surface area contributed by atoms with Crippen molar-refractivity contribution in [1.29, 1.82) is 0 Å². The van der Waals surface area contributed by atoms with Gasteiger partial charge in [-0.1, -0.05) is 23.7 Å². The number of amides is 2. The van der Waals surface area contributed by atoms with E-state index in [0.717, 1.165) is 10.0 Å². The third-order valence-electron chi connectivity index (χ3n) is 2.43. The Bertz CT molecular complexity index is 591. The van der Waals surface area contributed by atoms with Crippen molar-refractivity contribution in [3.63, 3.8) is 0 Å². The quantitative estimate of drug-likeness (QED) is 0.884. The van der Waals surface area contributed by atoms with Crippen LogP contribution in [0.15, 0.2) is 41.1 Å². The third kappa shape index (κ3) is 4.79. The molecule has 1 heterocycles. The maximum atomic E-state index is 11.6. The van der Waals surface area contributed by atoms with E-state index in [1.165, 1.54) is 0 Å². The normalized spacial score (nSPS) is 10.1. The molecule has 1 aromatic heterocycles. The minimum absolute atomic E-state index is 0.258. The van der Waals surface area contributed by atoms with Crippen LogP contribution in [0, 0.1) is 0 Å². The van der Waals surface area contributed by atoms with Crippen molar-refractivity contribution in [3.05, 3.63) is 51.7 Å². The zero-order valence-corrected chi connectivity index (χ0v) is 12.8. The molecule has 0 saturated heterocycles. The molecule has 2 aromatic rings. The van der Waals surface area contributed by atoms with E-state index in [1.807, 2.05) is 24.3 Å². The summed E-state index contributed by atoms with van der Waals surface area (Å²) in [6, 6.07) is 7.19. The smallest absolute Gasteiger partial charge is 0.321 e. The fourth-order valence-electron chi connectivity index (χ4n) is 1.54. The standard InChI is InChI=1S/C13H12BrClN4O/c14-10-7-17-12(18-8-10)19-13(20)16-5-4-9-2-1-3-11(15)6-9/h1-3,6-8H,4-5H2,(H2,16,17,18,19,20). The number of carbonyl (C=O) groups excluding carboxylic acids is 1. The van der Waals surface area contributed by atoms with Crippen LogP contribution in [0.3, 0.4) is 0 Å². The van der Waals surface area contributed by atoms with E-state index in [0.29, 0.717) is 18.0 Å². The van der Waals surface area contributed by atoms with Crippen LogP contribution in [0.5, 0.6) is 0 Å². The van der Waals surface area contributed by atoms with Crippen molar-refractivity contribution in [2.24, 2.45) is 0 Å². The van der Waals surface area contributed by atoms with Gasteiger partial charge in [-0.2, -0.15) is 0 Å². The summed E-state index contributed by atoms with van der Waals surface area (Å²) < 4.78 is 0.754. The highest BCUT2D eigenvalue weighted by atomic mass is 79.9. The molecule has 0 unspecified atom stereocenters. The Morgan fingerprint density at radius 2 is 2.05 bits per heavy atom. The molecule has 2 N–H and O–H groups in total. The number of hydrogen-bond acceptors (Lipinski definition) is 3. The second-order valence-corrected chi connectivity index (χ2v) is 5.34. The molecule has 0 aliphatic carbocycles. The van der Waals surface area contributed by atoms with Crippen molar-refractivity contribution in [3.8, 4) is 0 Å². The first-order valence-electron chi connectivity index (χ1n) is 5.90. The monoisotopic (exact) mass is 354 g/mol. The van der Waals surface area contributed by atoms with Gasteiger partial charge in [0.25, 0.3) is 0 Å². The van der Waals surface area contributed by atoms with Gasteiger partial charge in [-0.05, 0) is 40.0 Å². The Kier molecular flexibility index (Phi) is 5.31. The van der Waals surface area contributed by atoms with Crippen LogP contribution in [0.25, 0.3) is 0 Å². The first-order valence-corrected chi connectivity index (χ1v) is 7.07. The SMILES string of the molecule is O=C(NCCc1cccc(Cl)c1)Nc1ncc(Br)cn1. The molecule has 1 aromatic carbocycles. The molecule has 0 atom stereocenters. The second kappa shape index (κ2) is 7.21. The van der Waals surface area contributed by atoms with E-state index in [1.54, 1.807) is 12.4 Å². The van der Waals surface area contributed by atoms with Crippen molar-refractivity contribution >= 4 is 39.5 Å². The Balaban J connectivity index is 1.76. The summed E-state index contributed by atoms with van der Waals surface area (Å²) >= 11 is 9.11. The Morgan fingerprint density at radius 3 is 2.75 bits per heavy atom. The summed E-state index contributed by atoms with van der Waals surface area (Å²) in [4.78, 5) is 19.5. The summed E-state index contributed by atoms with van der Waals surface area (Å²) in [5.41, 5.74) is 1.07. The molecular weight excluding hydrogens is 344 g/mol. The first-order chi connectivity index (χ1) is 9.63. The molecule has 0 aliphatic heterocycles. The molecule has 2 rings (SSSR count). The number of halogens is 2.